The molecular formula is C7H6O2. The highest BCUT2D eigenvalue weighted by atomic mass is 16.4. The molecule has 46 valence electrons. The zero-order chi connectivity index (χ0) is 6.69. The van der Waals surface area contributed by atoms with E-state index < -0.39 is 5.97 Å². The van der Waals surface area contributed by atoms with Gasteiger partial charge in [0, 0.05) is 0 Å². The van der Waals surface area contributed by atoms with Crippen molar-refractivity contribution in [1.29, 1.82) is 0 Å². The van der Waals surface area contributed by atoms with E-state index in [0.717, 1.165) is 0 Å². The lowest BCUT2D eigenvalue weighted by Crippen LogP contribution is -1.93. The van der Waals surface area contributed by atoms with Crippen LogP contribution in [0.2, 0.25) is 0 Å². The molecule has 1 N–H and O–H groups in total. The van der Waals surface area contributed by atoms with Crippen LogP contribution in [0.5, 0.6) is 0 Å². The highest BCUT2D eigenvalue weighted by Crippen LogP contribution is 1.96. The van der Waals surface area contributed by atoms with Crippen LogP contribution < -0.4 is 0 Å². The van der Waals surface area contributed by atoms with Crippen molar-refractivity contribution in [2.75, 3.05) is 0 Å². The summed E-state index contributed by atoms with van der Waals surface area (Å²) in [5, 5.41) is 8.38. The second-order valence-electron chi connectivity index (χ2n) is 1.67. The topological polar surface area (TPSA) is 37.3 Å². The zero-order valence-electron chi connectivity index (χ0n) is 4.74. The van der Waals surface area contributed by atoms with Gasteiger partial charge in [0.25, 0.3) is 0 Å². The number of rotatable bonds is 1. The van der Waals surface area contributed by atoms with Crippen LogP contribution in [0.15, 0.2) is 30.3 Å². The molecule has 0 saturated carbocycles. The Balaban J connectivity index is 2.98. The second kappa shape index (κ2) is 2.31. The molecule has 0 unspecified atom stereocenters. The Morgan fingerprint density at radius 3 is 2.11 bits per heavy atom. The van der Waals surface area contributed by atoms with Gasteiger partial charge in [-0.3, -0.25) is 0 Å². The number of carboxylic acids is 1. The average Bonchev–Trinajstić information content (AvgIpc) is 1.90. The zero-order valence-corrected chi connectivity index (χ0v) is 4.74. The van der Waals surface area contributed by atoms with E-state index in [1.165, 1.54) is 0 Å². The first-order valence-electron chi connectivity index (χ1n) is 2.59. The molecule has 0 radical (unpaired) electrons. The average molecular weight is 123 g/mol. The third kappa shape index (κ3) is 1.29. The molecule has 2 heteroatoms. The highest BCUT2D eigenvalue weighted by molar-refractivity contribution is 5.87. The van der Waals surface area contributed by atoms with E-state index >= 15 is 0 Å². The van der Waals surface area contributed by atoms with E-state index in [-0.39, 0.29) is 0 Å². The Labute approximate surface area is 52.8 Å². The molecule has 0 saturated heterocycles. The molecule has 0 aromatic heterocycles. The summed E-state index contributed by atoms with van der Waals surface area (Å²) in [6.45, 7) is 0. The van der Waals surface area contributed by atoms with Gasteiger partial charge >= 0.3 is 5.97 Å². The number of carboxylic acid groups (broad SMARTS) is 1. The highest BCUT2D eigenvalue weighted by Gasteiger charge is 1.96. The fraction of sp³-hybridized carbons (Fsp3) is 0. The minimum Gasteiger partial charge on any atom is -0.478 e. The van der Waals surface area contributed by atoms with Crippen molar-refractivity contribution in [2.24, 2.45) is 0 Å². The van der Waals surface area contributed by atoms with Crippen LogP contribution in [0.4, 0.5) is 0 Å². The van der Waals surface area contributed by atoms with Gasteiger partial charge in [0.15, 0.2) is 0 Å². The van der Waals surface area contributed by atoms with E-state index in [2.05, 4.69) is 0 Å². The molecule has 1 aromatic carbocycles. The molecule has 2 nitrogen and oxygen atoms in total. The molecule has 0 fully saturated rings. The van der Waals surface area contributed by atoms with Crippen molar-refractivity contribution >= 4 is 5.97 Å². The summed E-state index contributed by atoms with van der Waals surface area (Å²) in [6, 6.07) is 8.30. The summed E-state index contributed by atoms with van der Waals surface area (Å²) in [4.78, 5) is 10.2. The third-order valence-corrected chi connectivity index (χ3v) is 1.02. The van der Waals surface area contributed by atoms with Gasteiger partial charge in [0.05, 0.1) is 5.56 Å². The maximum absolute atomic E-state index is 10.2. The SMILES string of the molecule is O=C(O)c1ccc[13cH]c1. The van der Waals surface area contributed by atoms with E-state index in [4.69, 9.17) is 5.11 Å². The summed E-state index contributed by atoms with van der Waals surface area (Å²) in [5.74, 6) is -0.879. The van der Waals surface area contributed by atoms with Crippen LogP contribution in [0.3, 0.4) is 0 Å². The van der Waals surface area contributed by atoms with Crippen molar-refractivity contribution in [2.45, 2.75) is 0 Å². The Morgan fingerprint density at radius 2 is 1.78 bits per heavy atom. The number of hydrogen-bond acceptors (Lipinski definition) is 1. The van der Waals surface area contributed by atoms with Crippen LogP contribution in [-0.4, -0.2) is 11.1 Å². The van der Waals surface area contributed by atoms with Crippen LogP contribution in [0.25, 0.3) is 0 Å². The molecule has 1 aromatic rings. The van der Waals surface area contributed by atoms with Crippen molar-refractivity contribution < 1.29 is 9.90 Å². The van der Waals surface area contributed by atoms with Crippen molar-refractivity contribution in [1.82, 2.24) is 0 Å². The number of aromatic carboxylic acids is 1. The Bertz CT molecular complexity index is 203. The van der Waals surface area contributed by atoms with Crippen molar-refractivity contribution in [3.05, 3.63) is 35.9 Å². The largest absolute Gasteiger partial charge is 0.478 e. The summed E-state index contributed by atoms with van der Waals surface area (Å²) < 4.78 is 0. The van der Waals surface area contributed by atoms with Gasteiger partial charge in [-0.2, -0.15) is 0 Å². The first-order valence-corrected chi connectivity index (χ1v) is 2.59. The maximum atomic E-state index is 10.2. The van der Waals surface area contributed by atoms with Crippen LogP contribution in [0, 0.1) is 0 Å². The molecule has 0 aliphatic heterocycles. The van der Waals surface area contributed by atoms with Crippen LogP contribution >= 0.6 is 0 Å². The standard InChI is InChI=1S/C7H6O2/c8-7(9)6-4-2-1-3-5-6/h1-5H,(H,8,9)/i2+1. The Kier molecular flexibility index (Phi) is 1.49. The van der Waals surface area contributed by atoms with Gasteiger partial charge in [-0.05, 0) is 12.1 Å². The van der Waals surface area contributed by atoms with Gasteiger partial charge in [-0.25, -0.2) is 4.79 Å². The van der Waals surface area contributed by atoms with E-state index in [9.17, 15) is 4.79 Å². The molecule has 1 rings (SSSR count). The molecule has 0 bridgehead atoms. The molecule has 0 aliphatic rings. The van der Waals surface area contributed by atoms with E-state index in [1.807, 2.05) is 0 Å². The predicted octanol–water partition coefficient (Wildman–Crippen LogP) is 1.38. The predicted molar refractivity (Wildman–Crippen MR) is 33.4 cm³/mol. The van der Waals surface area contributed by atoms with Gasteiger partial charge in [-0.1, -0.05) is 18.2 Å². The van der Waals surface area contributed by atoms with E-state index in [1.54, 1.807) is 30.3 Å². The van der Waals surface area contributed by atoms with Gasteiger partial charge in [0.1, 0.15) is 0 Å². The fourth-order valence-electron chi connectivity index (χ4n) is 0.581. The number of carbonyl (C=O) groups is 1. The van der Waals surface area contributed by atoms with Gasteiger partial charge < -0.3 is 5.11 Å². The molecule has 0 heterocycles. The van der Waals surface area contributed by atoms with Crippen LogP contribution in [-0.2, 0) is 0 Å². The molecule has 0 amide bonds. The summed E-state index contributed by atoms with van der Waals surface area (Å²) in [6.07, 6.45) is 0. The molecule has 9 heavy (non-hydrogen) atoms. The minimum absolute atomic E-state index is 0.331. The normalized spacial score (nSPS) is 8.89. The van der Waals surface area contributed by atoms with E-state index in [0.29, 0.717) is 5.56 Å². The second-order valence-corrected chi connectivity index (χ2v) is 1.67. The summed E-state index contributed by atoms with van der Waals surface area (Å²) in [5.41, 5.74) is 0.331. The quantitative estimate of drug-likeness (QED) is 0.612. The lowest BCUT2D eigenvalue weighted by atomic mass is 10.3. The molecule has 0 atom stereocenters. The maximum Gasteiger partial charge on any atom is 0.335 e. The first kappa shape index (κ1) is 5.82. The minimum atomic E-state index is -0.879. The van der Waals surface area contributed by atoms with Crippen LogP contribution in [0.1, 0.15) is 10.4 Å². The smallest absolute Gasteiger partial charge is 0.335 e. The summed E-state index contributed by atoms with van der Waals surface area (Å²) >= 11 is 0. The summed E-state index contributed by atoms with van der Waals surface area (Å²) in [7, 11) is 0. The Hall–Kier alpha value is -1.31. The third-order valence-electron chi connectivity index (χ3n) is 1.02. The van der Waals surface area contributed by atoms with Gasteiger partial charge in [-0.15, -0.1) is 0 Å². The monoisotopic (exact) mass is 123 g/mol. The Morgan fingerprint density at radius 1 is 1.22 bits per heavy atom. The van der Waals surface area contributed by atoms with Gasteiger partial charge in [0.2, 0.25) is 0 Å². The molecular weight excluding hydrogens is 117 g/mol. The number of hydrogen-bond donors (Lipinski definition) is 1. The molecule has 0 spiro atoms. The van der Waals surface area contributed by atoms with Crippen molar-refractivity contribution in [3.8, 4) is 0 Å². The molecule has 0 aliphatic carbocycles. The first-order chi connectivity index (χ1) is 4.30. The lowest BCUT2D eigenvalue weighted by Gasteiger charge is -1.88. The lowest BCUT2D eigenvalue weighted by molar-refractivity contribution is 0.0697. The van der Waals surface area contributed by atoms with Crippen molar-refractivity contribution in [3.63, 3.8) is 0 Å². The fourth-order valence-corrected chi connectivity index (χ4v) is 0.581. The number of benzene rings is 1.